The van der Waals surface area contributed by atoms with Crippen molar-refractivity contribution in [3.8, 4) is 5.75 Å². The smallest absolute Gasteiger partial charge is 0.342 e. The number of cyclic esters (lactones) is 1. The average Bonchev–Trinajstić information content (AvgIpc) is 3.50. The number of benzene rings is 3. The molecule has 0 fully saturated rings. The Kier molecular flexibility index (Phi) is 12.5. The number of ether oxygens (including phenoxy) is 4. The summed E-state index contributed by atoms with van der Waals surface area (Å²) in [7, 11) is 0. The number of aromatic amines is 1. The summed E-state index contributed by atoms with van der Waals surface area (Å²) < 4.78 is 24.0. The Morgan fingerprint density at radius 1 is 1.02 bits per heavy atom. The molecule has 1 aromatic heterocycles. The van der Waals surface area contributed by atoms with E-state index in [4.69, 9.17) is 24.7 Å². The van der Waals surface area contributed by atoms with Gasteiger partial charge in [-0.15, -0.1) is 0 Å². The van der Waals surface area contributed by atoms with Crippen LogP contribution < -0.4 is 11.1 Å². The molecule has 1 aliphatic rings. The number of carbonyl (C=O) groups is 2. The first kappa shape index (κ1) is 34.6. The third-order valence-corrected chi connectivity index (χ3v) is 7.95. The molecule has 11 heteroatoms. The number of carbonyl (C=O) groups excluding carboxylic acids is 2. The lowest BCUT2D eigenvalue weighted by atomic mass is 10.00. The average molecular weight is 656 g/mol. The molecule has 48 heavy (non-hydrogen) atoms. The predicted molar refractivity (Wildman–Crippen MR) is 181 cm³/mol. The van der Waals surface area contributed by atoms with Crippen molar-refractivity contribution in [2.45, 2.75) is 37.4 Å². The van der Waals surface area contributed by atoms with Gasteiger partial charge in [-0.3, -0.25) is 4.79 Å². The van der Waals surface area contributed by atoms with Gasteiger partial charge in [0, 0.05) is 23.6 Å². The zero-order valence-corrected chi connectivity index (χ0v) is 26.5. The van der Waals surface area contributed by atoms with E-state index < -0.39 is 30.3 Å². The zero-order chi connectivity index (χ0) is 33.7. The van der Waals surface area contributed by atoms with Gasteiger partial charge in [0.25, 0.3) is 0 Å². The molecule has 1 amide bonds. The van der Waals surface area contributed by atoms with Gasteiger partial charge in [0.15, 0.2) is 0 Å². The van der Waals surface area contributed by atoms with Crippen LogP contribution in [0.4, 0.5) is 0 Å². The number of nitrogens with one attached hydrogen (secondary N) is 2. The van der Waals surface area contributed by atoms with Gasteiger partial charge < -0.3 is 45.2 Å². The maximum absolute atomic E-state index is 13.6. The van der Waals surface area contributed by atoms with Crippen molar-refractivity contribution >= 4 is 28.9 Å². The highest BCUT2D eigenvalue weighted by Crippen LogP contribution is 2.25. The number of esters is 1. The number of hydrogen-bond acceptors (Lipinski definition) is 9. The number of rotatable bonds is 10. The minimum absolute atomic E-state index is 0.00974. The number of aromatic hydroxyl groups is 1. The van der Waals surface area contributed by atoms with E-state index in [1.54, 1.807) is 42.6 Å². The minimum Gasteiger partial charge on any atom is -0.507 e. The number of fused-ring (bicyclic) bond motifs is 2. The quantitative estimate of drug-likeness (QED) is 0.127. The maximum Gasteiger partial charge on any atom is 0.342 e. The highest BCUT2D eigenvalue weighted by atomic mass is 16.6. The fraction of sp³-hybridized carbons (Fsp3) is 0.297. The number of phenolic OH excluding ortho intramolecular Hbond substituents is 1. The Labute approximate surface area is 279 Å². The van der Waals surface area contributed by atoms with Crippen LogP contribution >= 0.6 is 0 Å². The summed E-state index contributed by atoms with van der Waals surface area (Å²) in [6, 6.07) is 20.8. The Morgan fingerprint density at radius 2 is 1.83 bits per heavy atom. The minimum atomic E-state index is -1.34. The van der Waals surface area contributed by atoms with Crippen LogP contribution in [0.25, 0.3) is 17.0 Å². The van der Waals surface area contributed by atoms with E-state index in [2.05, 4.69) is 10.3 Å². The summed E-state index contributed by atoms with van der Waals surface area (Å²) in [6.07, 6.45) is 5.16. The lowest BCUT2D eigenvalue weighted by Gasteiger charge is -2.35. The van der Waals surface area contributed by atoms with Crippen molar-refractivity contribution in [1.29, 1.82) is 0 Å². The van der Waals surface area contributed by atoms with Crippen LogP contribution in [0, 0.1) is 0 Å². The van der Waals surface area contributed by atoms with Crippen LogP contribution in [0.15, 0.2) is 97.2 Å². The SMILES string of the molecule is NC/C=C/CO[C@H]1[C@H](O)[C@H](OCc2ccccc2)COC/C=C/c2cccc(O)c2C(=O)OC[C@@H]1NC(=O)Cc1c[nH]c2ccccc12. The van der Waals surface area contributed by atoms with Crippen LogP contribution in [0.1, 0.15) is 27.0 Å². The number of para-hydroxylation sites is 1. The van der Waals surface area contributed by atoms with Gasteiger partial charge in [-0.2, -0.15) is 0 Å². The largest absolute Gasteiger partial charge is 0.507 e. The second kappa shape index (κ2) is 17.4. The van der Waals surface area contributed by atoms with Crippen molar-refractivity contribution in [2.75, 3.05) is 33.0 Å². The molecule has 0 bridgehead atoms. The van der Waals surface area contributed by atoms with Gasteiger partial charge in [0.05, 0.1) is 38.9 Å². The summed E-state index contributed by atoms with van der Waals surface area (Å²) in [4.78, 5) is 30.2. The molecule has 4 atom stereocenters. The van der Waals surface area contributed by atoms with E-state index >= 15 is 0 Å². The summed E-state index contributed by atoms with van der Waals surface area (Å²) in [5.74, 6) is -1.46. The fourth-order valence-electron chi connectivity index (χ4n) is 5.53. The molecule has 0 aliphatic carbocycles. The molecule has 0 saturated carbocycles. The third-order valence-electron chi connectivity index (χ3n) is 7.95. The summed E-state index contributed by atoms with van der Waals surface area (Å²) in [5.41, 5.74) is 8.57. The van der Waals surface area contributed by atoms with Gasteiger partial charge in [-0.1, -0.05) is 85.0 Å². The zero-order valence-electron chi connectivity index (χ0n) is 26.5. The molecule has 2 heterocycles. The standard InChI is InChI=1S/C37H41N3O8/c38-17-6-7-19-46-36-30(40-33(42)20-27-21-39-29-15-5-4-14-28(27)29)23-48-37(44)34-26(12-8-16-31(34)41)13-9-18-45-24-32(35(36)43)47-22-25-10-2-1-3-11-25/h1-16,21,30,32,35-36,39,41,43H,17-20,22-24,38H2,(H,40,42)/b7-6+,13-9+/t30-,32+,35+,36+/m0/s1. The number of amides is 1. The second-order valence-electron chi connectivity index (χ2n) is 11.3. The Balaban J connectivity index is 1.47. The lowest BCUT2D eigenvalue weighted by Crippen LogP contribution is -2.56. The van der Waals surface area contributed by atoms with Crippen LogP contribution in [0.3, 0.4) is 0 Å². The normalized spacial score (nSPS) is 21.3. The van der Waals surface area contributed by atoms with Crippen molar-refractivity contribution in [1.82, 2.24) is 10.3 Å². The molecule has 11 nitrogen and oxygen atoms in total. The summed E-state index contributed by atoms with van der Waals surface area (Å²) in [5, 5.41) is 26.3. The number of hydrogen-bond donors (Lipinski definition) is 5. The summed E-state index contributed by atoms with van der Waals surface area (Å²) >= 11 is 0. The number of H-pyrrole nitrogens is 1. The summed E-state index contributed by atoms with van der Waals surface area (Å²) in [6.45, 7) is 0.231. The molecule has 5 rings (SSSR count). The first-order valence-corrected chi connectivity index (χ1v) is 15.8. The van der Waals surface area contributed by atoms with Crippen LogP contribution in [0.5, 0.6) is 5.75 Å². The molecule has 0 spiro atoms. The Hall–Kier alpha value is -4.78. The van der Waals surface area contributed by atoms with Crippen LogP contribution in [-0.2, 0) is 36.8 Å². The number of aromatic nitrogens is 1. The van der Waals surface area contributed by atoms with Gasteiger partial charge in [0.1, 0.15) is 36.2 Å². The lowest BCUT2D eigenvalue weighted by molar-refractivity contribution is -0.146. The molecule has 6 N–H and O–H groups in total. The molecular weight excluding hydrogens is 614 g/mol. The second-order valence-corrected chi connectivity index (χ2v) is 11.3. The molecule has 0 radical (unpaired) electrons. The van der Waals surface area contributed by atoms with Crippen molar-refractivity contribution < 1.29 is 38.7 Å². The van der Waals surface area contributed by atoms with Crippen LogP contribution in [-0.4, -0.2) is 84.4 Å². The van der Waals surface area contributed by atoms with Gasteiger partial charge in [0.2, 0.25) is 5.91 Å². The first-order valence-electron chi connectivity index (χ1n) is 15.8. The van der Waals surface area contributed by atoms with E-state index in [1.807, 2.05) is 54.6 Å². The first-order chi connectivity index (χ1) is 23.4. The van der Waals surface area contributed by atoms with Crippen molar-refractivity contribution in [3.63, 3.8) is 0 Å². The van der Waals surface area contributed by atoms with Gasteiger partial charge in [-0.05, 0) is 28.8 Å². The highest BCUT2D eigenvalue weighted by Gasteiger charge is 2.37. The Bertz CT molecular complexity index is 1700. The highest BCUT2D eigenvalue weighted by molar-refractivity contribution is 5.96. The van der Waals surface area contributed by atoms with Crippen molar-refractivity contribution in [3.05, 3.63) is 119 Å². The van der Waals surface area contributed by atoms with Gasteiger partial charge >= 0.3 is 5.97 Å². The van der Waals surface area contributed by atoms with E-state index in [1.165, 1.54) is 6.07 Å². The monoisotopic (exact) mass is 655 g/mol. The van der Waals surface area contributed by atoms with E-state index in [0.717, 1.165) is 22.0 Å². The molecular formula is C37H41N3O8. The van der Waals surface area contributed by atoms with Crippen LogP contribution in [0.2, 0.25) is 0 Å². The maximum atomic E-state index is 13.6. The molecule has 1 aliphatic heterocycles. The third kappa shape index (κ3) is 9.18. The molecule has 0 unspecified atom stereocenters. The predicted octanol–water partition coefficient (Wildman–Crippen LogP) is 3.65. The molecule has 252 valence electrons. The number of phenols is 1. The van der Waals surface area contributed by atoms with Crippen molar-refractivity contribution in [2.24, 2.45) is 5.73 Å². The topological polar surface area (TPSA) is 165 Å². The fourth-order valence-corrected chi connectivity index (χ4v) is 5.53. The number of aliphatic hydroxyl groups excluding tert-OH is 1. The number of nitrogens with two attached hydrogens (primary N) is 1. The Morgan fingerprint density at radius 3 is 2.67 bits per heavy atom. The molecule has 3 aromatic carbocycles. The van der Waals surface area contributed by atoms with Gasteiger partial charge in [-0.25, -0.2) is 4.79 Å². The van der Waals surface area contributed by atoms with E-state index in [9.17, 15) is 19.8 Å². The van der Waals surface area contributed by atoms with E-state index in [0.29, 0.717) is 5.56 Å². The molecule has 0 saturated heterocycles. The number of aliphatic hydroxyl groups is 1. The van der Waals surface area contributed by atoms with E-state index in [-0.39, 0.29) is 63.2 Å². The molecule has 4 aromatic rings.